The van der Waals surface area contributed by atoms with E-state index in [1.54, 1.807) is 12.3 Å². The van der Waals surface area contributed by atoms with E-state index in [9.17, 15) is 9.90 Å². The second-order valence-electron chi connectivity index (χ2n) is 7.10. The highest BCUT2D eigenvalue weighted by Gasteiger charge is 2.21. The molecule has 5 nitrogen and oxygen atoms in total. The molecule has 28 heavy (non-hydrogen) atoms. The number of benzene rings is 2. The van der Waals surface area contributed by atoms with Crippen LogP contribution in [0.1, 0.15) is 21.5 Å². The van der Waals surface area contributed by atoms with Crippen LogP contribution in [0.4, 0.5) is 0 Å². The third-order valence-corrected chi connectivity index (χ3v) is 4.96. The smallest absolute Gasteiger partial charge is 0.251 e. The lowest BCUT2D eigenvalue weighted by molar-refractivity contribution is 0.0856. The number of hydrogen-bond donors (Lipinski definition) is 2. The molecule has 0 radical (unpaired) electrons. The fourth-order valence-corrected chi connectivity index (χ4v) is 3.56. The van der Waals surface area contributed by atoms with E-state index < -0.39 is 6.10 Å². The summed E-state index contributed by atoms with van der Waals surface area (Å²) in [6.07, 6.45) is 1.12. The molecule has 1 aliphatic heterocycles. The molecular formula is C23H23N3O2. The molecular weight excluding hydrogens is 350 g/mol. The standard InChI is InChI=1S/C23H23N3O2/c27-21(16-26-14-19-6-1-2-7-20(19)15-26)13-25-23(28)18-9-5-8-17(12-18)22-10-3-4-11-24-22/h1-12,21,27H,13-16H2,(H,25,28). The second-order valence-corrected chi connectivity index (χ2v) is 7.10. The highest BCUT2D eigenvalue weighted by atomic mass is 16.3. The van der Waals surface area contributed by atoms with E-state index in [2.05, 4.69) is 27.3 Å². The van der Waals surface area contributed by atoms with Gasteiger partial charge in [0.15, 0.2) is 0 Å². The number of aromatic nitrogens is 1. The summed E-state index contributed by atoms with van der Waals surface area (Å²) in [4.78, 5) is 19.0. The summed E-state index contributed by atoms with van der Waals surface area (Å²) in [6.45, 7) is 2.43. The molecule has 4 rings (SSSR count). The predicted octanol–water partition coefficient (Wildman–Crippen LogP) is 2.86. The molecule has 1 aliphatic rings. The zero-order valence-corrected chi connectivity index (χ0v) is 15.6. The zero-order valence-electron chi connectivity index (χ0n) is 15.6. The van der Waals surface area contributed by atoms with Gasteiger partial charge in [-0.25, -0.2) is 0 Å². The van der Waals surface area contributed by atoms with Crippen LogP contribution in [0, 0.1) is 0 Å². The van der Waals surface area contributed by atoms with Gasteiger partial charge < -0.3 is 10.4 Å². The van der Waals surface area contributed by atoms with Crippen LogP contribution in [0.2, 0.25) is 0 Å². The van der Waals surface area contributed by atoms with Gasteiger partial charge in [0.05, 0.1) is 11.8 Å². The minimum absolute atomic E-state index is 0.193. The molecule has 0 bridgehead atoms. The molecule has 0 fully saturated rings. The molecule has 3 aromatic rings. The lowest BCUT2D eigenvalue weighted by atomic mass is 10.1. The van der Waals surface area contributed by atoms with Crippen LogP contribution in [0.5, 0.6) is 0 Å². The first-order valence-corrected chi connectivity index (χ1v) is 9.46. The molecule has 0 saturated heterocycles. The summed E-state index contributed by atoms with van der Waals surface area (Å²) in [5, 5.41) is 13.2. The van der Waals surface area contributed by atoms with Crippen molar-refractivity contribution >= 4 is 5.91 Å². The van der Waals surface area contributed by atoms with Gasteiger partial charge in [0.2, 0.25) is 0 Å². The Bertz CT molecular complexity index is 934. The molecule has 1 amide bonds. The number of β-amino-alcohol motifs (C(OH)–C–C–N with tert-alkyl or cyclic N) is 1. The molecule has 0 aliphatic carbocycles. The highest BCUT2D eigenvalue weighted by molar-refractivity contribution is 5.95. The minimum atomic E-state index is -0.614. The van der Waals surface area contributed by atoms with E-state index in [1.165, 1.54) is 11.1 Å². The van der Waals surface area contributed by atoms with Gasteiger partial charge in [-0.3, -0.25) is 14.7 Å². The maximum atomic E-state index is 12.5. The van der Waals surface area contributed by atoms with E-state index in [1.807, 2.05) is 48.5 Å². The van der Waals surface area contributed by atoms with Crippen molar-refractivity contribution < 1.29 is 9.90 Å². The Hall–Kier alpha value is -3.02. The largest absolute Gasteiger partial charge is 0.390 e. The fraction of sp³-hybridized carbons (Fsp3) is 0.217. The van der Waals surface area contributed by atoms with Gasteiger partial charge in [-0.1, -0.05) is 42.5 Å². The maximum absolute atomic E-state index is 12.5. The van der Waals surface area contributed by atoms with Crippen LogP contribution in [0.15, 0.2) is 72.9 Å². The van der Waals surface area contributed by atoms with Crippen molar-refractivity contribution in [2.24, 2.45) is 0 Å². The van der Waals surface area contributed by atoms with Crippen molar-refractivity contribution in [2.75, 3.05) is 13.1 Å². The first kappa shape index (κ1) is 18.3. The van der Waals surface area contributed by atoms with E-state index >= 15 is 0 Å². The number of aliphatic hydroxyl groups is 1. The Morgan fingerprint density at radius 3 is 2.50 bits per heavy atom. The fourth-order valence-electron chi connectivity index (χ4n) is 3.56. The number of rotatable bonds is 6. The van der Waals surface area contributed by atoms with Gasteiger partial charge in [-0.05, 0) is 35.4 Å². The van der Waals surface area contributed by atoms with Crippen molar-refractivity contribution in [3.63, 3.8) is 0 Å². The van der Waals surface area contributed by atoms with E-state index in [0.29, 0.717) is 12.1 Å². The number of pyridine rings is 1. The van der Waals surface area contributed by atoms with Crippen molar-refractivity contribution in [2.45, 2.75) is 19.2 Å². The van der Waals surface area contributed by atoms with Gasteiger partial charge in [0, 0.05) is 43.5 Å². The summed E-state index contributed by atoms with van der Waals surface area (Å²) < 4.78 is 0. The first-order valence-electron chi connectivity index (χ1n) is 9.46. The number of fused-ring (bicyclic) bond motifs is 1. The number of hydrogen-bond acceptors (Lipinski definition) is 4. The maximum Gasteiger partial charge on any atom is 0.251 e. The Kier molecular flexibility index (Phi) is 5.46. The molecule has 2 N–H and O–H groups in total. The van der Waals surface area contributed by atoms with Gasteiger partial charge >= 0.3 is 0 Å². The van der Waals surface area contributed by atoms with Crippen LogP contribution >= 0.6 is 0 Å². The number of amides is 1. The monoisotopic (exact) mass is 373 g/mol. The number of nitrogens with zero attached hydrogens (tertiary/aromatic N) is 2. The Labute approximate surface area is 164 Å². The number of nitrogens with one attached hydrogen (secondary N) is 1. The van der Waals surface area contributed by atoms with E-state index in [4.69, 9.17) is 0 Å². The number of aliphatic hydroxyl groups excluding tert-OH is 1. The topological polar surface area (TPSA) is 65.5 Å². The predicted molar refractivity (Wildman–Crippen MR) is 109 cm³/mol. The molecule has 2 heterocycles. The molecule has 0 saturated carbocycles. The number of carbonyl (C=O) groups is 1. The van der Waals surface area contributed by atoms with Gasteiger partial charge in [0.25, 0.3) is 5.91 Å². The molecule has 0 spiro atoms. The SMILES string of the molecule is O=C(NCC(O)CN1Cc2ccccc2C1)c1cccc(-c2ccccn2)c1. The van der Waals surface area contributed by atoms with Crippen molar-refractivity contribution in [1.82, 2.24) is 15.2 Å². The molecule has 1 unspecified atom stereocenters. The van der Waals surface area contributed by atoms with Gasteiger partial charge in [0.1, 0.15) is 0 Å². The third kappa shape index (κ3) is 4.27. The van der Waals surface area contributed by atoms with Crippen molar-refractivity contribution in [3.05, 3.63) is 89.6 Å². The van der Waals surface area contributed by atoms with E-state index in [0.717, 1.165) is 24.3 Å². The molecule has 142 valence electrons. The average molecular weight is 373 g/mol. The lowest BCUT2D eigenvalue weighted by Crippen LogP contribution is -2.38. The summed E-state index contributed by atoms with van der Waals surface area (Å²) >= 11 is 0. The van der Waals surface area contributed by atoms with Gasteiger partial charge in [-0.2, -0.15) is 0 Å². The van der Waals surface area contributed by atoms with Crippen LogP contribution in [0.3, 0.4) is 0 Å². The minimum Gasteiger partial charge on any atom is -0.390 e. The van der Waals surface area contributed by atoms with E-state index in [-0.39, 0.29) is 12.5 Å². The summed E-state index contributed by atoms with van der Waals surface area (Å²) in [5.74, 6) is -0.193. The molecule has 2 aromatic carbocycles. The number of carbonyl (C=O) groups excluding carboxylic acids is 1. The first-order chi connectivity index (χ1) is 13.7. The molecule has 1 aromatic heterocycles. The highest BCUT2D eigenvalue weighted by Crippen LogP contribution is 2.22. The normalized spacial score (nSPS) is 14.5. The second kappa shape index (κ2) is 8.33. The van der Waals surface area contributed by atoms with Gasteiger partial charge in [-0.15, -0.1) is 0 Å². The Morgan fingerprint density at radius 2 is 1.79 bits per heavy atom. The quantitative estimate of drug-likeness (QED) is 0.697. The van der Waals surface area contributed by atoms with Crippen LogP contribution in [0.25, 0.3) is 11.3 Å². The lowest BCUT2D eigenvalue weighted by Gasteiger charge is -2.19. The van der Waals surface area contributed by atoms with Crippen molar-refractivity contribution in [1.29, 1.82) is 0 Å². The summed E-state index contributed by atoms with van der Waals surface area (Å²) in [7, 11) is 0. The zero-order chi connectivity index (χ0) is 19.3. The van der Waals surface area contributed by atoms with Crippen molar-refractivity contribution in [3.8, 4) is 11.3 Å². The summed E-state index contributed by atoms with van der Waals surface area (Å²) in [5.41, 5.74) is 4.90. The molecule has 1 atom stereocenters. The Morgan fingerprint density at radius 1 is 1.04 bits per heavy atom. The third-order valence-electron chi connectivity index (χ3n) is 4.96. The average Bonchev–Trinajstić information content (AvgIpc) is 3.15. The molecule has 5 heteroatoms. The van der Waals surface area contributed by atoms with Crippen LogP contribution in [-0.2, 0) is 13.1 Å². The Balaban J connectivity index is 1.31. The van der Waals surface area contributed by atoms with Crippen LogP contribution in [-0.4, -0.2) is 40.1 Å². The summed E-state index contributed by atoms with van der Waals surface area (Å²) in [6, 6.07) is 21.4. The van der Waals surface area contributed by atoms with Crippen LogP contribution < -0.4 is 5.32 Å².